The van der Waals surface area contributed by atoms with Crippen LogP contribution >= 0.6 is 0 Å². The molecule has 2 aromatic heterocycles. The molecule has 0 spiro atoms. The molecule has 0 saturated carbocycles. The van der Waals surface area contributed by atoms with Gasteiger partial charge in [-0.25, -0.2) is 13.1 Å². The third kappa shape index (κ3) is 4.07. The zero-order valence-corrected chi connectivity index (χ0v) is 15.8. The van der Waals surface area contributed by atoms with Crippen LogP contribution in [-0.2, 0) is 17.1 Å². The highest BCUT2D eigenvalue weighted by Gasteiger charge is 2.22. The predicted octanol–water partition coefficient (Wildman–Crippen LogP) is 1.85. The summed E-state index contributed by atoms with van der Waals surface area (Å²) in [6.45, 7) is 0. The number of pyridine rings is 1. The van der Waals surface area contributed by atoms with E-state index in [1.807, 2.05) is 42.5 Å². The molecule has 0 aliphatic rings. The lowest BCUT2D eigenvalue weighted by Crippen LogP contribution is -2.30. The minimum Gasteiger partial charge on any atom is -0.345 e. The first-order valence-electron chi connectivity index (χ1n) is 8.28. The summed E-state index contributed by atoms with van der Waals surface area (Å²) < 4.78 is 27.7. The molecule has 0 fully saturated rings. The Morgan fingerprint density at radius 1 is 1.07 bits per heavy atom. The minimum atomic E-state index is -3.63. The number of aromatic nitrogens is 2. The molecule has 8 heteroatoms. The summed E-state index contributed by atoms with van der Waals surface area (Å²) in [5.41, 5.74) is 2.04. The van der Waals surface area contributed by atoms with E-state index in [0.717, 1.165) is 11.1 Å². The molecular formula is C19H20N4O3S. The number of amides is 1. The number of rotatable bonds is 6. The largest absolute Gasteiger partial charge is 0.345 e. The van der Waals surface area contributed by atoms with E-state index in [0.29, 0.717) is 0 Å². The molecule has 0 radical (unpaired) electrons. The summed E-state index contributed by atoms with van der Waals surface area (Å²) in [5, 5.41) is 2.99. The van der Waals surface area contributed by atoms with E-state index in [1.165, 1.54) is 23.9 Å². The molecule has 27 heavy (non-hydrogen) atoms. The summed E-state index contributed by atoms with van der Waals surface area (Å²) in [7, 11) is -0.662. The summed E-state index contributed by atoms with van der Waals surface area (Å²) in [4.78, 5) is 17.0. The van der Waals surface area contributed by atoms with Gasteiger partial charge in [-0.05, 0) is 36.4 Å². The number of carbonyl (C=O) groups excluding carboxylic acids is 1. The SMILES string of the molecule is CNS(=O)(=O)c1cc(C(=O)NC(c2ccccc2)c2ccncc2)n(C)c1. The number of nitrogens with zero attached hydrogens (tertiary/aromatic N) is 2. The molecule has 140 valence electrons. The fraction of sp³-hybridized carbons (Fsp3) is 0.158. The quantitative estimate of drug-likeness (QED) is 0.678. The van der Waals surface area contributed by atoms with Crippen molar-refractivity contribution in [1.29, 1.82) is 0 Å². The van der Waals surface area contributed by atoms with Gasteiger partial charge in [0.25, 0.3) is 5.91 Å². The Balaban J connectivity index is 1.94. The highest BCUT2D eigenvalue weighted by Crippen LogP contribution is 2.22. The van der Waals surface area contributed by atoms with Crippen molar-refractivity contribution in [3.05, 3.63) is 83.9 Å². The first kappa shape index (κ1) is 18.8. The van der Waals surface area contributed by atoms with Gasteiger partial charge in [-0.2, -0.15) is 0 Å². The van der Waals surface area contributed by atoms with E-state index < -0.39 is 10.0 Å². The van der Waals surface area contributed by atoms with Crippen molar-refractivity contribution < 1.29 is 13.2 Å². The topological polar surface area (TPSA) is 93.1 Å². The van der Waals surface area contributed by atoms with Gasteiger partial charge in [0.15, 0.2) is 0 Å². The number of benzene rings is 1. The van der Waals surface area contributed by atoms with Crippen molar-refractivity contribution in [2.75, 3.05) is 7.05 Å². The number of nitrogens with one attached hydrogen (secondary N) is 2. The van der Waals surface area contributed by atoms with E-state index >= 15 is 0 Å². The van der Waals surface area contributed by atoms with Crippen LogP contribution in [-0.4, -0.2) is 30.9 Å². The van der Waals surface area contributed by atoms with E-state index in [1.54, 1.807) is 19.4 Å². The maximum absolute atomic E-state index is 12.9. The van der Waals surface area contributed by atoms with Gasteiger partial charge in [0.1, 0.15) is 10.6 Å². The normalized spacial score (nSPS) is 12.5. The van der Waals surface area contributed by atoms with Crippen molar-refractivity contribution in [1.82, 2.24) is 19.6 Å². The summed E-state index contributed by atoms with van der Waals surface area (Å²) in [6.07, 6.45) is 4.74. The Morgan fingerprint density at radius 2 is 1.70 bits per heavy atom. The number of aryl methyl sites for hydroxylation is 1. The summed E-state index contributed by atoms with van der Waals surface area (Å²) in [6, 6.07) is 14.2. The lowest BCUT2D eigenvalue weighted by Gasteiger charge is -2.20. The molecule has 1 amide bonds. The van der Waals surface area contributed by atoms with Crippen molar-refractivity contribution in [3.63, 3.8) is 0 Å². The van der Waals surface area contributed by atoms with Crippen LogP contribution in [0.1, 0.15) is 27.7 Å². The van der Waals surface area contributed by atoms with Crippen LogP contribution in [0.25, 0.3) is 0 Å². The monoisotopic (exact) mass is 384 g/mol. The average Bonchev–Trinajstić information content (AvgIpc) is 3.10. The van der Waals surface area contributed by atoms with Gasteiger partial charge >= 0.3 is 0 Å². The molecule has 0 aliphatic carbocycles. The predicted molar refractivity (Wildman–Crippen MR) is 102 cm³/mol. The van der Waals surface area contributed by atoms with Gasteiger partial charge in [0.05, 0.1) is 6.04 Å². The molecule has 1 atom stereocenters. The maximum Gasteiger partial charge on any atom is 0.268 e. The number of carbonyl (C=O) groups is 1. The van der Waals surface area contributed by atoms with Crippen molar-refractivity contribution in [3.8, 4) is 0 Å². The van der Waals surface area contributed by atoms with Crippen molar-refractivity contribution in [2.45, 2.75) is 10.9 Å². The Hall–Kier alpha value is -2.97. The lowest BCUT2D eigenvalue weighted by atomic mass is 9.99. The third-order valence-corrected chi connectivity index (χ3v) is 5.62. The Kier molecular flexibility index (Phi) is 5.38. The summed E-state index contributed by atoms with van der Waals surface area (Å²) in [5.74, 6) is -0.374. The molecule has 3 aromatic rings. The molecule has 0 bridgehead atoms. The van der Waals surface area contributed by atoms with Crippen LogP contribution in [0.5, 0.6) is 0 Å². The zero-order chi connectivity index (χ0) is 19.4. The number of sulfonamides is 1. The molecule has 7 nitrogen and oxygen atoms in total. The highest BCUT2D eigenvalue weighted by atomic mass is 32.2. The van der Waals surface area contributed by atoms with Gasteiger partial charge < -0.3 is 9.88 Å². The second-order valence-corrected chi connectivity index (χ2v) is 7.86. The zero-order valence-electron chi connectivity index (χ0n) is 15.0. The Bertz CT molecular complexity index is 992. The second kappa shape index (κ2) is 7.73. The first-order valence-corrected chi connectivity index (χ1v) is 9.76. The fourth-order valence-corrected chi connectivity index (χ4v) is 3.59. The van der Waals surface area contributed by atoms with Gasteiger partial charge in [-0.3, -0.25) is 9.78 Å². The van der Waals surface area contributed by atoms with Crippen LogP contribution in [0.15, 0.2) is 72.0 Å². The molecule has 1 aromatic carbocycles. The average molecular weight is 384 g/mol. The van der Waals surface area contributed by atoms with Crippen LogP contribution in [0, 0.1) is 0 Å². The molecule has 0 saturated heterocycles. The molecular weight excluding hydrogens is 364 g/mol. The van der Waals surface area contributed by atoms with E-state index in [9.17, 15) is 13.2 Å². The Labute approximate surface area is 158 Å². The van der Waals surface area contributed by atoms with Crippen molar-refractivity contribution >= 4 is 15.9 Å². The van der Waals surface area contributed by atoms with Crippen molar-refractivity contribution in [2.24, 2.45) is 7.05 Å². The maximum atomic E-state index is 12.9. The standard InChI is InChI=1S/C19H20N4O3S/c1-20-27(25,26)16-12-17(23(2)13-16)19(24)22-18(14-6-4-3-5-7-14)15-8-10-21-11-9-15/h3-13,18,20H,1-2H3,(H,22,24). The fourth-order valence-electron chi connectivity index (χ4n) is 2.79. The van der Waals surface area contributed by atoms with Gasteiger partial charge in [0.2, 0.25) is 10.0 Å². The first-order chi connectivity index (χ1) is 12.9. The highest BCUT2D eigenvalue weighted by molar-refractivity contribution is 7.89. The summed E-state index contributed by atoms with van der Waals surface area (Å²) >= 11 is 0. The van der Waals surface area contributed by atoms with E-state index in [4.69, 9.17) is 0 Å². The smallest absolute Gasteiger partial charge is 0.268 e. The van der Waals surface area contributed by atoms with Crippen LogP contribution < -0.4 is 10.0 Å². The third-order valence-electron chi connectivity index (χ3n) is 4.24. The number of hydrogen-bond donors (Lipinski definition) is 2. The number of hydrogen-bond acceptors (Lipinski definition) is 4. The minimum absolute atomic E-state index is 0.0397. The lowest BCUT2D eigenvalue weighted by molar-refractivity contribution is 0.0934. The van der Waals surface area contributed by atoms with Gasteiger partial charge in [-0.1, -0.05) is 30.3 Å². The van der Waals surface area contributed by atoms with E-state index in [2.05, 4.69) is 15.0 Å². The van der Waals surface area contributed by atoms with Crippen LogP contribution in [0.4, 0.5) is 0 Å². The Morgan fingerprint density at radius 3 is 2.33 bits per heavy atom. The molecule has 2 heterocycles. The second-order valence-electron chi connectivity index (χ2n) is 5.98. The van der Waals surface area contributed by atoms with Gasteiger partial charge in [-0.15, -0.1) is 0 Å². The molecule has 2 N–H and O–H groups in total. The van der Waals surface area contributed by atoms with E-state index in [-0.39, 0.29) is 22.5 Å². The van der Waals surface area contributed by atoms with Crippen LogP contribution in [0.2, 0.25) is 0 Å². The molecule has 0 aliphatic heterocycles. The molecule has 3 rings (SSSR count). The van der Waals surface area contributed by atoms with Gasteiger partial charge in [0, 0.05) is 25.6 Å². The van der Waals surface area contributed by atoms with Crippen LogP contribution in [0.3, 0.4) is 0 Å². The molecule has 1 unspecified atom stereocenters.